The van der Waals surface area contributed by atoms with Crippen LogP contribution in [-0.4, -0.2) is 17.3 Å². The number of rotatable bonds is 6. The quantitative estimate of drug-likeness (QED) is 0.799. The highest BCUT2D eigenvalue weighted by atomic mass is 35.5. The molecule has 0 heterocycles. The van der Waals surface area contributed by atoms with Crippen LogP contribution in [0.2, 0.25) is 0 Å². The summed E-state index contributed by atoms with van der Waals surface area (Å²) in [4.78, 5) is 11.9. The highest BCUT2D eigenvalue weighted by molar-refractivity contribution is 6.18. The van der Waals surface area contributed by atoms with E-state index in [0.29, 0.717) is 11.4 Å². The fourth-order valence-corrected chi connectivity index (χ4v) is 2.27. The third-order valence-corrected chi connectivity index (χ3v) is 3.87. The average molecular weight is 290 g/mol. The molecule has 0 aliphatic heterocycles. The van der Waals surface area contributed by atoms with Crippen molar-refractivity contribution >= 4 is 17.5 Å². The molecule has 5 heteroatoms. The van der Waals surface area contributed by atoms with E-state index in [-0.39, 0.29) is 12.3 Å². The van der Waals surface area contributed by atoms with Crippen LogP contribution in [-0.2, 0) is 11.2 Å². The monoisotopic (exact) mass is 289 g/mol. The molecule has 0 unspecified atom stereocenters. The molecule has 0 saturated heterocycles. The van der Waals surface area contributed by atoms with Gasteiger partial charge < -0.3 is 5.32 Å². The molecule has 106 valence electrons. The molecule has 0 spiro atoms. The van der Waals surface area contributed by atoms with Gasteiger partial charge in [0.15, 0.2) is 11.6 Å². The van der Waals surface area contributed by atoms with Crippen molar-refractivity contribution in [3.05, 3.63) is 35.4 Å². The van der Waals surface area contributed by atoms with E-state index < -0.39 is 17.2 Å². The summed E-state index contributed by atoms with van der Waals surface area (Å²) in [5, 5.41) is 2.88. The van der Waals surface area contributed by atoms with Gasteiger partial charge in [0, 0.05) is 5.88 Å². The Labute approximate surface area is 117 Å². The largest absolute Gasteiger partial charge is 0.349 e. The maximum Gasteiger partial charge on any atom is 0.224 e. The first-order chi connectivity index (χ1) is 8.96. The third-order valence-electron chi connectivity index (χ3n) is 3.36. The Kier molecular flexibility index (Phi) is 5.73. The molecule has 1 amide bonds. The van der Waals surface area contributed by atoms with E-state index in [1.165, 1.54) is 6.07 Å². The summed E-state index contributed by atoms with van der Waals surface area (Å²) >= 11 is 5.89. The molecule has 1 aromatic carbocycles. The fourth-order valence-electron chi connectivity index (χ4n) is 1.82. The second-order valence-electron chi connectivity index (χ2n) is 4.59. The van der Waals surface area contributed by atoms with Gasteiger partial charge in [0.2, 0.25) is 5.91 Å². The summed E-state index contributed by atoms with van der Waals surface area (Å²) in [7, 11) is 0. The first-order valence-electron chi connectivity index (χ1n) is 6.27. The number of hydrogen-bond acceptors (Lipinski definition) is 1. The molecule has 0 saturated carbocycles. The van der Waals surface area contributed by atoms with Gasteiger partial charge in [0.05, 0.1) is 12.0 Å². The predicted octanol–water partition coefficient (Wildman–Crippen LogP) is 3.42. The first kappa shape index (κ1) is 15.9. The van der Waals surface area contributed by atoms with E-state index in [2.05, 4.69) is 5.32 Å². The lowest BCUT2D eigenvalue weighted by Crippen LogP contribution is -2.49. The van der Waals surface area contributed by atoms with E-state index in [9.17, 15) is 13.6 Å². The Balaban J connectivity index is 2.71. The number of hydrogen-bond donors (Lipinski definition) is 1. The van der Waals surface area contributed by atoms with Gasteiger partial charge >= 0.3 is 0 Å². The van der Waals surface area contributed by atoms with Crippen LogP contribution in [0.3, 0.4) is 0 Å². The molecule has 0 aliphatic carbocycles. The summed E-state index contributed by atoms with van der Waals surface area (Å²) in [5.41, 5.74) is 0.00379. The average Bonchev–Trinajstić information content (AvgIpc) is 2.40. The van der Waals surface area contributed by atoms with Gasteiger partial charge in [-0.1, -0.05) is 19.9 Å². The number of carbonyl (C=O) groups is 1. The van der Waals surface area contributed by atoms with Crippen molar-refractivity contribution in [3.8, 4) is 0 Å². The molecular weight excluding hydrogens is 272 g/mol. The smallest absolute Gasteiger partial charge is 0.224 e. The molecule has 1 rings (SSSR count). The van der Waals surface area contributed by atoms with E-state index in [1.807, 2.05) is 13.8 Å². The molecule has 0 atom stereocenters. The van der Waals surface area contributed by atoms with Crippen molar-refractivity contribution in [2.24, 2.45) is 0 Å². The van der Waals surface area contributed by atoms with Crippen molar-refractivity contribution < 1.29 is 13.6 Å². The Morgan fingerprint density at radius 2 is 1.89 bits per heavy atom. The summed E-state index contributed by atoms with van der Waals surface area (Å²) in [5.74, 6) is -1.78. The molecule has 19 heavy (non-hydrogen) atoms. The lowest BCUT2D eigenvalue weighted by Gasteiger charge is -2.30. The van der Waals surface area contributed by atoms with Crippen LogP contribution >= 0.6 is 11.6 Å². The highest BCUT2D eigenvalue weighted by Gasteiger charge is 2.26. The molecule has 0 radical (unpaired) electrons. The van der Waals surface area contributed by atoms with Crippen molar-refractivity contribution in [1.29, 1.82) is 0 Å². The van der Waals surface area contributed by atoms with Gasteiger partial charge in [-0.15, -0.1) is 11.6 Å². The maximum absolute atomic E-state index is 13.0. The number of nitrogens with one attached hydrogen (secondary N) is 1. The number of carbonyl (C=O) groups excluding carboxylic acids is 1. The van der Waals surface area contributed by atoms with Crippen LogP contribution in [0.1, 0.15) is 32.3 Å². The Morgan fingerprint density at radius 3 is 2.37 bits per heavy atom. The van der Waals surface area contributed by atoms with E-state index in [1.54, 1.807) is 0 Å². The summed E-state index contributed by atoms with van der Waals surface area (Å²) < 4.78 is 25.8. The van der Waals surface area contributed by atoms with Crippen LogP contribution in [0, 0.1) is 11.6 Å². The number of alkyl halides is 1. The molecule has 0 fully saturated rings. The van der Waals surface area contributed by atoms with Crippen LogP contribution < -0.4 is 5.32 Å². The lowest BCUT2D eigenvalue weighted by molar-refractivity contribution is -0.122. The molecule has 1 N–H and O–H groups in total. The van der Waals surface area contributed by atoms with Crippen molar-refractivity contribution in [1.82, 2.24) is 5.32 Å². The van der Waals surface area contributed by atoms with Crippen LogP contribution in [0.15, 0.2) is 18.2 Å². The Hall–Kier alpha value is -1.16. The minimum atomic E-state index is -0.945. The van der Waals surface area contributed by atoms with E-state index in [4.69, 9.17) is 11.6 Å². The number of halogens is 3. The van der Waals surface area contributed by atoms with Crippen LogP contribution in [0.25, 0.3) is 0 Å². The molecule has 0 bridgehead atoms. The van der Waals surface area contributed by atoms with Gasteiger partial charge in [-0.3, -0.25) is 4.79 Å². The molecule has 1 aromatic rings. The molecular formula is C14H18ClF2NO. The Bertz CT molecular complexity index is 439. The van der Waals surface area contributed by atoms with Crippen LogP contribution in [0.5, 0.6) is 0 Å². The maximum atomic E-state index is 13.0. The standard InChI is InChI=1S/C14H18ClF2NO/c1-3-14(4-2,9-15)18-13(19)8-10-5-6-11(16)12(17)7-10/h5-7H,3-4,8-9H2,1-2H3,(H,18,19). The summed E-state index contributed by atoms with van der Waals surface area (Å²) in [6.45, 7) is 3.90. The molecule has 2 nitrogen and oxygen atoms in total. The number of amides is 1. The van der Waals surface area contributed by atoms with Crippen molar-refractivity contribution in [3.63, 3.8) is 0 Å². The minimum absolute atomic E-state index is 0.00976. The Morgan fingerprint density at radius 1 is 1.26 bits per heavy atom. The van der Waals surface area contributed by atoms with Gasteiger partial charge in [-0.2, -0.15) is 0 Å². The summed E-state index contributed by atoms with van der Waals surface area (Å²) in [6.07, 6.45) is 1.45. The highest BCUT2D eigenvalue weighted by Crippen LogP contribution is 2.17. The van der Waals surface area contributed by atoms with Crippen molar-refractivity contribution in [2.45, 2.75) is 38.6 Å². The predicted molar refractivity (Wildman–Crippen MR) is 72.2 cm³/mol. The van der Waals surface area contributed by atoms with Gasteiger partial charge in [0.25, 0.3) is 0 Å². The SMILES string of the molecule is CCC(CC)(CCl)NC(=O)Cc1ccc(F)c(F)c1. The first-order valence-corrected chi connectivity index (χ1v) is 6.80. The molecule has 0 aromatic heterocycles. The topological polar surface area (TPSA) is 29.1 Å². The van der Waals surface area contributed by atoms with Crippen molar-refractivity contribution in [2.75, 3.05) is 5.88 Å². The van der Waals surface area contributed by atoms with Crippen LogP contribution in [0.4, 0.5) is 8.78 Å². The molecule has 0 aliphatic rings. The second-order valence-corrected chi connectivity index (χ2v) is 4.86. The normalized spacial score (nSPS) is 11.4. The zero-order valence-corrected chi connectivity index (χ0v) is 11.9. The van der Waals surface area contributed by atoms with E-state index >= 15 is 0 Å². The van der Waals surface area contributed by atoms with Gasteiger partial charge in [-0.25, -0.2) is 8.78 Å². The fraction of sp³-hybridized carbons (Fsp3) is 0.500. The minimum Gasteiger partial charge on any atom is -0.349 e. The summed E-state index contributed by atoms with van der Waals surface area (Å²) in [6, 6.07) is 3.46. The second kappa shape index (κ2) is 6.85. The lowest BCUT2D eigenvalue weighted by atomic mass is 9.95. The van der Waals surface area contributed by atoms with Gasteiger partial charge in [-0.05, 0) is 30.5 Å². The van der Waals surface area contributed by atoms with Gasteiger partial charge in [0.1, 0.15) is 0 Å². The third kappa shape index (κ3) is 4.16. The zero-order valence-electron chi connectivity index (χ0n) is 11.1. The zero-order chi connectivity index (χ0) is 14.5. The number of benzene rings is 1. The van der Waals surface area contributed by atoms with E-state index in [0.717, 1.165) is 25.0 Å².